The van der Waals surface area contributed by atoms with Crippen LogP contribution in [0.15, 0.2) is 30.3 Å². The molecule has 2 aromatic rings. The number of nitrogen functional groups attached to an aromatic ring is 1. The monoisotopic (exact) mass is 247 g/mol. The Morgan fingerprint density at radius 2 is 2.18 bits per heavy atom. The number of hydrogen-bond acceptors (Lipinski definition) is 4. The largest absolute Gasteiger partial charge is 0.384 e. The van der Waals surface area contributed by atoms with E-state index in [1.165, 1.54) is 9.75 Å². The van der Waals surface area contributed by atoms with Gasteiger partial charge in [-0.3, -0.25) is 0 Å². The van der Waals surface area contributed by atoms with E-state index in [2.05, 4.69) is 36.3 Å². The van der Waals surface area contributed by atoms with E-state index in [9.17, 15) is 0 Å². The van der Waals surface area contributed by atoms with Crippen molar-refractivity contribution in [3.05, 3.63) is 40.1 Å². The third-order valence-corrected chi connectivity index (χ3v) is 3.49. The van der Waals surface area contributed by atoms with Gasteiger partial charge in [0, 0.05) is 22.2 Å². The third-order valence-electron chi connectivity index (χ3n) is 2.47. The van der Waals surface area contributed by atoms with E-state index < -0.39 is 0 Å². The van der Waals surface area contributed by atoms with Crippen LogP contribution in [0, 0.1) is 6.92 Å². The summed E-state index contributed by atoms with van der Waals surface area (Å²) >= 11 is 1.84. The number of pyridine rings is 1. The molecule has 0 amide bonds. The number of nitrogens with two attached hydrogens (primary N) is 1. The second kappa shape index (κ2) is 5.19. The first-order valence-electron chi connectivity index (χ1n) is 5.68. The molecule has 0 aliphatic heterocycles. The van der Waals surface area contributed by atoms with Gasteiger partial charge in [0.25, 0.3) is 0 Å². The van der Waals surface area contributed by atoms with Crippen molar-refractivity contribution in [1.29, 1.82) is 0 Å². The van der Waals surface area contributed by atoms with Crippen LogP contribution in [0.2, 0.25) is 0 Å². The average molecular weight is 247 g/mol. The van der Waals surface area contributed by atoms with Gasteiger partial charge in [0.05, 0.1) is 0 Å². The molecule has 0 aliphatic rings. The molecule has 0 saturated heterocycles. The summed E-state index contributed by atoms with van der Waals surface area (Å²) in [7, 11) is 0. The summed E-state index contributed by atoms with van der Waals surface area (Å²) in [5.41, 5.74) is 5.64. The molecule has 2 heterocycles. The number of aryl methyl sites for hydroxylation is 1. The van der Waals surface area contributed by atoms with Crippen LogP contribution in [-0.2, 0) is 6.42 Å². The van der Waals surface area contributed by atoms with Gasteiger partial charge in [-0.1, -0.05) is 6.07 Å². The van der Waals surface area contributed by atoms with Gasteiger partial charge >= 0.3 is 0 Å². The molecular weight excluding hydrogens is 230 g/mol. The van der Waals surface area contributed by atoms with Gasteiger partial charge in [0.15, 0.2) is 0 Å². The second-order valence-electron chi connectivity index (χ2n) is 4.21. The van der Waals surface area contributed by atoms with Crippen molar-refractivity contribution in [3.63, 3.8) is 0 Å². The molecule has 0 aliphatic carbocycles. The molecule has 1 atom stereocenters. The van der Waals surface area contributed by atoms with Crippen LogP contribution in [0.1, 0.15) is 16.7 Å². The minimum atomic E-state index is 0.349. The van der Waals surface area contributed by atoms with Crippen LogP contribution >= 0.6 is 11.3 Å². The number of hydrogen-bond donors (Lipinski definition) is 2. The number of thiophene rings is 1. The Labute approximate surface area is 106 Å². The number of nitrogens with one attached hydrogen (secondary N) is 1. The predicted octanol–water partition coefficient (Wildman–Crippen LogP) is 3.08. The SMILES string of the molecule is Cc1ccc(CC(C)Nc2cccc(N)n2)s1. The van der Waals surface area contributed by atoms with Crippen molar-refractivity contribution in [2.24, 2.45) is 0 Å². The van der Waals surface area contributed by atoms with Crippen LogP contribution in [-0.4, -0.2) is 11.0 Å². The van der Waals surface area contributed by atoms with Crippen molar-refractivity contribution in [2.75, 3.05) is 11.1 Å². The highest BCUT2D eigenvalue weighted by Gasteiger charge is 2.06. The molecule has 0 fully saturated rings. The van der Waals surface area contributed by atoms with Crippen molar-refractivity contribution in [1.82, 2.24) is 4.98 Å². The lowest BCUT2D eigenvalue weighted by Gasteiger charge is -2.13. The standard InChI is InChI=1S/C13H17N3S/c1-9(8-11-7-6-10(2)17-11)15-13-5-3-4-12(14)16-13/h3-7,9H,8H2,1-2H3,(H3,14,15,16). The molecule has 0 aromatic carbocycles. The van der Waals surface area contributed by atoms with Crippen molar-refractivity contribution in [2.45, 2.75) is 26.3 Å². The van der Waals surface area contributed by atoms with E-state index in [4.69, 9.17) is 5.73 Å². The van der Waals surface area contributed by atoms with Crippen LogP contribution < -0.4 is 11.1 Å². The fourth-order valence-electron chi connectivity index (χ4n) is 1.73. The maximum Gasteiger partial charge on any atom is 0.128 e. The lowest BCUT2D eigenvalue weighted by atomic mass is 10.2. The molecular formula is C13H17N3S. The fraction of sp³-hybridized carbons (Fsp3) is 0.308. The first-order chi connectivity index (χ1) is 8.13. The van der Waals surface area contributed by atoms with Crippen molar-refractivity contribution < 1.29 is 0 Å². The summed E-state index contributed by atoms with van der Waals surface area (Å²) in [6.07, 6.45) is 1.01. The molecule has 2 aromatic heterocycles. The number of anilines is 2. The highest BCUT2D eigenvalue weighted by molar-refractivity contribution is 7.11. The summed E-state index contributed by atoms with van der Waals surface area (Å²) in [5, 5.41) is 3.36. The maximum atomic E-state index is 5.64. The summed E-state index contributed by atoms with van der Waals surface area (Å²) in [6, 6.07) is 10.3. The predicted molar refractivity (Wildman–Crippen MR) is 74.5 cm³/mol. The van der Waals surface area contributed by atoms with Gasteiger partial charge in [-0.15, -0.1) is 11.3 Å². The Morgan fingerprint density at radius 3 is 2.82 bits per heavy atom. The van der Waals surface area contributed by atoms with Crippen LogP contribution in [0.25, 0.3) is 0 Å². The molecule has 0 saturated carbocycles. The summed E-state index contributed by atoms with van der Waals surface area (Å²) < 4.78 is 0. The molecule has 3 N–H and O–H groups in total. The normalized spacial score (nSPS) is 12.4. The zero-order chi connectivity index (χ0) is 12.3. The van der Waals surface area contributed by atoms with E-state index in [1.54, 1.807) is 6.07 Å². The third kappa shape index (κ3) is 3.46. The van der Waals surface area contributed by atoms with Crippen LogP contribution in [0.5, 0.6) is 0 Å². The number of rotatable bonds is 4. The zero-order valence-corrected chi connectivity index (χ0v) is 10.9. The number of aromatic nitrogens is 1. The van der Waals surface area contributed by atoms with E-state index in [0.29, 0.717) is 11.9 Å². The number of nitrogens with zero attached hydrogens (tertiary/aromatic N) is 1. The summed E-state index contributed by atoms with van der Waals surface area (Å²) in [6.45, 7) is 4.28. The van der Waals surface area contributed by atoms with Crippen molar-refractivity contribution >= 4 is 23.0 Å². The Hall–Kier alpha value is -1.55. The first-order valence-corrected chi connectivity index (χ1v) is 6.49. The minimum absolute atomic E-state index is 0.349. The topological polar surface area (TPSA) is 50.9 Å². The van der Waals surface area contributed by atoms with E-state index in [1.807, 2.05) is 23.5 Å². The molecule has 4 heteroatoms. The fourth-order valence-corrected chi connectivity index (χ4v) is 2.75. The van der Waals surface area contributed by atoms with E-state index >= 15 is 0 Å². The van der Waals surface area contributed by atoms with Crippen molar-refractivity contribution in [3.8, 4) is 0 Å². The zero-order valence-electron chi connectivity index (χ0n) is 10.1. The molecule has 1 unspecified atom stereocenters. The Balaban J connectivity index is 1.95. The minimum Gasteiger partial charge on any atom is -0.384 e. The van der Waals surface area contributed by atoms with Gasteiger partial charge in [0.1, 0.15) is 11.6 Å². The maximum absolute atomic E-state index is 5.64. The highest BCUT2D eigenvalue weighted by atomic mass is 32.1. The Bertz CT molecular complexity index is 493. The second-order valence-corrected chi connectivity index (χ2v) is 5.58. The van der Waals surface area contributed by atoms with Gasteiger partial charge in [-0.05, 0) is 38.1 Å². The first kappa shape index (κ1) is 11.9. The lowest BCUT2D eigenvalue weighted by molar-refractivity contribution is 0.795. The van der Waals surface area contributed by atoms with Gasteiger partial charge in [-0.25, -0.2) is 4.98 Å². The molecule has 2 rings (SSSR count). The average Bonchev–Trinajstić information content (AvgIpc) is 2.63. The smallest absolute Gasteiger partial charge is 0.128 e. The summed E-state index contributed by atoms with van der Waals surface area (Å²) in [4.78, 5) is 6.98. The van der Waals surface area contributed by atoms with Gasteiger partial charge in [0.2, 0.25) is 0 Å². The van der Waals surface area contributed by atoms with Gasteiger partial charge < -0.3 is 11.1 Å². The molecule has 3 nitrogen and oxygen atoms in total. The van der Waals surface area contributed by atoms with E-state index in [0.717, 1.165) is 12.2 Å². The van der Waals surface area contributed by atoms with Crippen LogP contribution in [0.3, 0.4) is 0 Å². The highest BCUT2D eigenvalue weighted by Crippen LogP contribution is 2.18. The Morgan fingerprint density at radius 1 is 1.35 bits per heavy atom. The molecule has 0 radical (unpaired) electrons. The lowest BCUT2D eigenvalue weighted by Crippen LogP contribution is -2.18. The van der Waals surface area contributed by atoms with E-state index in [-0.39, 0.29) is 0 Å². The molecule has 90 valence electrons. The molecule has 0 bridgehead atoms. The quantitative estimate of drug-likeness (QED) is 0.873. The molecule has 17 heavy (non-hydrogen) atoms. The molecule has 0 spiro atoms. The van der Waals surface area contributed by atoms with Gasteiger partial charge in [-0.2, -0.15) is 0 Å². The summed E-state index contributed by atoms with van der Waals surface area (Å²) in [5.74, 6) is 1.39. The van der Waals surface area contributed by atoms with Crippen LogP contribution in [0.4, 0.5) is 11.6 Å². The Kier molecular flexibility index (Phi) is 3.64.